The molecule has 0 spiro atoms. The predicted molar refractivity (Wildman–Crippen MR) is 109 cm³/mol. The van der Waals surface area contributed by atoms with Gasteiger partial charge in [0.05, 0.1) is 13.7 Å². The summed E-state index contributed by atoms with van der Waals surface area (Å²) in [5.74, 6) is 4.58. The third-order valence-corrected chi connectivity index (χ3v) is 4.77. The van der Waals surface area contributed by atoms with Gasteiger partial charge in [0.15, 0.2) is 5.96 Å². The molecule has 1 aromatic carbocycles. The lowest BCUT2D eigenvalue weighted by atomic mass is 10.2. The minimum Gasteiger partial charge on any atom is -0.497 e. The number of aromatic nitrogens is 3. The molecular weight excluding hydrogens is 356 g/mol. The third kappa shape index (κ3) is 5.61. The monoisotopic (exact) mass is 386 g/mol. The van der Waals surface area contributed by atoms with Crippen molar-refractivity contribution in [1.29, 1.82) is 0 Å². The molecule has 0 atom stereocenters. The first-order valence-corrected chi connectivity index (χ1v) is 9.92. The van der Waals surface area contributed by atoms with Crippen molar-refractivity contribution in [2.24, 2.45) is 4.99 Å². The van der Waals surface area contributed by atoms with Crippen molar-refractivity contribution in [2.75, 3.05) is 33.9 Å². The Balaban J connectivity index is 1.36. The van der Waals surface area contributed by atoms with E-state index in [4.69, 9.17) is 9.47 Å². The summed E-state index contributed by atoms with van der Waals surface area (Å²) in [6, 6.07) is 7.56. The van der Waals surface area contributed by atoms with Gasteiger partial charge in [0.1, 0.15) is 29.8 Å². The Morgan fingerprint density at radius 3 is 2.64 bits per heavy atom. The van der Waals surface area contributed by atoms with Crippen molar-refractivity contribution in [3.63, 3.8) is 0 Å². The smallest absolute Gasteiger partial charge is 0.191 e. The highest BCUT2D eigenvalue weighted by molar-refractivity contribution is 5.79. The molecule has 0 saturated carbocycles. The average Bonchev–Trinajstić information content (AvgIpc) is 2.96. The van der Waals surface area contributed by atoms with Gasteiger partial charge in [0.2, 0.25) is 0 Å². The van der Waals surface area contributed by atoms with Crippen LogP contribution in [0.5, 0.6) is 11.5 Å². The summed E-state index contributed by atoms with van der Waals surface area (Å²) in [6.45, 7) is 3.00. The maximum Gasteiger partial charge on any atom is 0.191 e. The van der Waals surface area contributed by atoms with E-state index in [0.717, 1.165) is 55.0 Å². The molecule has 1 aliphatic heterocycles. The molecule has 1 aromatic heterocycles. The largest absolute Gasteiger partial charge is 0.497 e. The second kappa shape index (κ2) is 10.5. The highest BCUT2D eigenvalue weighted by Crippen LogP contribution is 2.16. The van der Waals surface area contributed by atoms with E-state index in [2.05, 4.69) is 30.4 Å². The number of hydrogen-bond donors (Lipinski definition) is 2. The van der Waals surface area contributed by atoms with E-state index in [0.29, 0.717) is 13.2 Å². The number of methoxy groups -OCH3 is 1. The summed E-state index contributed by atoms with van der Waals surface area (Å²) in [5, 5.41) is 15.3. The first-order valence-electron chi connectivity index (χ1n) is 9.92. The molecule has 0 saturated heterocycles. The van der Waals surface area contributed by atoms with Crippen LogP contribution in [0.1, 0.15) is 30.9 Å². The molecule has 0 unspecified atom stereocenters. The zero-order valence-electron chi connectivity index (χ0n) is 16.8. The van der Waals surface area contributed by atoms with Crippen molar-refractivity contribution in [2.45, 2.75) is 38.6 Å². The van der Waals surface area contributed by atoms with Gasteiger partial charge in [-0.25, -0.2) is 0 Å². The van der Waals surface area contributed by atoms with Crippen molar-refractivity contribution in [3.8, 4) is 11.5 Å². The molecule has 0 amide bonds. The van der Waals surface area contributed by atoms with E-state index >= 15 is 0 Å². The normalized spacial score (nSPS) is 14.1. The standard InChI is InChI=1S/C20H30N6O2/c1-21-20(23-13-15-28-17-9-7-16(27-2)8-10-17)22-12-11-19-25-24-18-6-4-3-5-14-26(18)19/h7-10H,3-6,11-15H2,1-2H3,(H2,21,22,23). The van der Waals surface area contributed by atoms with Crippen LogP contribution < -0.4 is 20.1 Å². The van der Waals surface area contributed by atoms with Gasteiger partial charge >= 0.3 is 0 Å². The van der Waals surface area contributed by atoms with E-state index in [-0.39, 0.29) is 0 Å². The zero-order chi connectivity index (χ0) is 19.6. The Morgan fingerprint density at radius 2 is 1.86 bits per heavy atom. The highest BCUT2D eigenvalue weighted by Gasteiger charge is 2.14. The van der Waals surface area contributed by atoms with Gasteiger partial charge in [0.25, 0.3) is 0 Å². The maximum atomic E-state index is 5.72. The molecule has 152 valence electrons. The Kier molecular flexibility index (Phi) is 7.52. The van der Waals surface area contributed by atoms with Gasteiger partial charge in [-0.1, -0.05) is 6.42 Å². The average molecular weight is 387 g/mol. The van der Waals surface area contributed by atoms with Gasteiger partial charge in [-0.2, -0.15) is 0 Å². The van der Waals surface area contributed by atoms with Crippen LogP contribution in [-0.4, -0.2) is 54.6 Å². The van der Waals surface area contributed by atoms with Gasteiger partial charge in [-0.05, 0) is 37.1 Å². The van der Waals surface area contributed by atoms with Crippen molar-refractivity contribution in [3.05, 3.63) is 35.9 Å². The number of fused-ring (bicyclic) bond motifs is 1. The van der Waals surface area contributed by atoms with Crippen molar-refractivity contribution in [1.82, 2.24) is 25.4 Å². The summed E-state index contributed by atoms with van der Waals surface area (Å²) >= 11 is 0. The topological polar surface area (TPSA) is 85.6 Å². The number of aryl methyl sites for hydroxylation is 1. The molecular formula is C20H30N6O2. The van der Waals surface area contributed by atoms with Crippen LogP contribution in [0.4, 0.5) is 0 Å². The van der Waals surface area contributed by atoms with Crippen LogP contribution in [0.3, 0.4) is 0 Å². The minimum atomic E-state index is 0.546. The molecule has 2 N–H and O–H groups in total. The zero-order valence-corrected chi connectivity index (χ0v) is 16.8. The maximum absolute atomic E-state index is 5.72. The molecule has 3 rings (SSSR count). The first kappa shape index (κ1) is 20.0. The number of hydrogen-bond acceptors (Lipinski definition) is 5. The van der Waals surface area contributed by atoms with Crippen molar-refractivity contribution >= 4 is 5.96 Å². The third-order valence-electron chi connectivity index (χ3n) is 4.77. The number of ether oxygens (including phenoxy) is 2. The van der Waals surface area contributed by atoms with Crippen LogP contribution in [-0.2, 0) is 19.4 Å². The fraction of sp³-hybridized carbons (Fsp3) is 0.550. The van der Waals surface area contributed by atoms with Gasteiger partial charge in [0, 0.05) is 33.0 Å². The Hall–Kier alpha value is -2.77. The summed E-state index contributed by atoms with van der Waals surface area (Å²) in [4.78, 5) is 4.26. The molecule has 0 fully saturated rings. The molecule has 8 heteroatoms. The predicted octanol–water partition coefficient (Wildman–Crippen LogP) is 1.80. The molecule has 0 bridgehead atoms. The van der Waals surface area contributed by atoms with Crippen LogP contribution >= 0.6 is 0 Å². The van der Waals surface area contributed by atoms with E-state index in [1.807, 2.05) is 24.3 Å². The van der Waals surface area contributed by atoms with Crippen molar-refractivity contribution < 1.29 is 9.47 Å². The molecule has 28 heavy (non-hydrogen) atoms. The van der Waals surface area contributed by atoms with Crippen LogP contribution in [0.25, 0.3) is 0 Å². The molecule has 2 aromatic rings. The van der Waals surface area contributed by atoms with Gasteiger partial charge in [-0.15, -0.1) is 10.2 Å². The summed E-state index contributed by atoms with van der Waals surface area (Å²) in [6.07, 6.45) is 5.57. The van der Waals surface area contributed by atoms with E-state index < -0.39 is 0 Å². The van der Waals surface area contributed by atoms with Crippen LogP contribution in [0.2, 0.25) is 0 Å². The molecule has 8 nitrogen and oxygen atoms in total. The minimum absolute atomic E-state index is 0.546. The quantitative estimate of drug-likeness (QED) is 0.409. The number of rotatable bonds is 8. The summed E-state index contributed by atoms with van der Waals surface area (Å²) < 4.78 is 13.1. The first-order chi connectivity index (χ1) is 13.8. The van der Waals surface area contributed by atoms with Gasteiger partial charge < -0.3 is 24.7 Å². The Morgan fingerprint density at radius 1 is 1.07 bits per heavy atom. The number of aliphatic imine (C=N–C) groups is 1. The fourth-order valence-electron chi connectivity index (χ4n) is 3.25. The van der Waals surface area contributed by atoms with E-state index in [1.165, 1.54) is 19.3 Å². The van der Waals surface area contributed by atoms with Crippen LogP contribution in [0.15, 0.2) is 29.3 Å². The van der Waals surface area contributed by atoms with Gasteiger partial charge in [-0.3, -0.25) is 4.99 Å². The SMILES string of the molecule is CN=C(NCCOc1ccc(OC)cc1)NCCc1nnc2n1CCCCC2. The van der Waals surface area contributed by atoms with E-state index in [1.54, 1.807) is 14.2 Å². The highest BCUT2D eigenvalue weighted by atomic mass is 16.5. The molecule has 1 aliphatic rings. The second-order valence-electron chi connectivity index (χ2n) is 6.69. The number of nitrogens with one attached hydrogen (secondary N) is 2. The molecule has 0 radical (unpaired) electrons. The molecule has 0 aliphatic carbocycles. The fourth-order valence-corrected chi connectivity index (χ4v) is 3.25. The number of guanidine groups is 1. The Labute approximate surface area is 166 Å². The summed E-state index contributed by atoms with van der Waals surface area (Å²) in [7, 11) is 3.42. The number of benzene rings is 1. The lowest BCUT2D eigenvalue weighted by Gasteiger charge is -2.13. The molecule has 2 heterocycles. The number of nitrogens with zero attached hydrogens (tertiary/aromatic N) is 4. The lowest BCUT2D eigenvalue weighted by molar-refractivity contribution is 0.321. The van der Waals surface area contributed by atoms with E-state index in [9.17, 15) is 0 Å². The lowest BCUT2D eigenvalue weighted by Crippen LogP contribution is -2.40. The second-order valence-corrected chi connectivity index (χ2v) is 6.69. The summed E-state index contributed by atoms with van der Waals surface area (Å²) in [5.41, 5.74) is 0. The Bertz CT molecular complexity index is 757. The van der Waals surface area contributed by atoms with Crippen LogP contribution in [0, 0.1) is 0 Å².